The fourth-order valence-electron chi connectivity index (χ4n) is 1.87. The minimum atomic E-state index is -1.74. The van der Waals surface area contributed by atoms with Gasteiger partial charge in [0.05, 0.1) is 10.6 Å². The van der Waals surface area contributed by atoms with Crippen molar-refractivity contribution in [3.8, 4) is 5.75 Å². The second-order valence-electron chi connectivity index (χ2n) is 4.84. The van der Waals surface area contributed by atoms with Crippen LogP contribution in [0.25, 0.3) is 0 Å². The van der Waals surface area contributed by atoms with Crippen molar-refractivity contribution in [3.63, 3.8) is 0 Å². The summed E-state index contributed by atoms with van der Waals surface area (Å²) in [6.07, 6.45) is 0.891. The fourth-order valence-corrected chi connectivity index (χ4v) is 2.09. The number of nitrogens with zero attached hydrogens (tertiary/aromatic N) is 2. The maximum atomic E-state index is 13.4. The number of nitro benzene ring substituents is 1. The number of benzene rings is 2. The van der Waals surface area contributed by atoms with E-state index < -0.39 is 52.0 Å². The molecule has 0 aliphatic heterocycles. The number of rotatable bonds is 5. The Kier molecular flexibility index (Phi) is 5.78. The van der Waals surface area contributed by atoms with Crippen LogP contribution in [0.15, 0.2) is 29.3 Å². The highest BCUT2D eigenvalue weighted by Crippen LogP contribution is 2.30. The van der Waals surface area contributed by atoms with Crippen molar-refractivity contribution in [3.05, 3.63) is 62.4 Å². The second kappa shape index (κ2) is 7.83. The first-order valence-corrected chi connectivity index (χ1v) is 7.16. The van der Waals surface area contributed by atoms with Crippen molar-refractivity contribution in [2.24, 2.45) is 4.99 Å². The molecule has 26 heavy (non-hydrogen) atoms. The first-order valence-electron chi connectivity index (χ1n) is 6.78. The van der Waals surface area contributed by atoms with Gasteiger partial charge in [0.2, 0.25) is 5.91 Å². The minimum absolute atomic E-state index is 0.0777. The SMILES string of the molecule is O=C(CN=Cc1cc(Cl)cc([N+](=O)[O-])c1[O-])Nc1ccc(F)c(F)c1F. The molecule has 0 atom stereocenters. The van der Waals surface area contributed by atoms with E-state index >= 15 is 0 Å². The molecule has 0 radical (unpaired) electrons. The van der Waals surface area contributed by atoms with Gasteiger partial charge < -0.3 is 10.4 Å². The molecule has 0 fully saturated rings. The molecule has 0 aromatic heterocycles. The summed E-state index contributed by atoms with van der Waals surface area (Å²) in [5, 5.41) is 24.5. The number of hydrogen-bond donors (Lipinski definition) is 1. The zero-order valence-electron chi connectivity index (χ0n) is 12.6. The summed E-state index contributed by atoms with van der Waals surface area (Å²) in [6, 6.07) is 3.45. The molecular weight excluding hydrogens is 379 g/mol. The summed E-state index contributed by atoms with van der Waals surface area (Å²) in [6.45, 7) is -0.613. The van der Waals surface area contributed by atoms with Crippen LogP contribution in [-0.4, -0.2) is 23.6 Å². The van der Waals surface area contributed by atoms with Gasteiger partial charge in [-0.05, 0) is 29.5 Å². The Labute approximate surface area is 148 Å². The first-order chi connectivity index (χ1) is 12.2. The van der Waals surface area contributed by atoms with Gasteiger partial charge in [0.25, 0.3) is 5.69 Å². The summed E-state index contributed by atoms with van der Waals surface area (Å²) in [7, 11) is 0. The standard InChI is InChI=1S/C15H9ClF3N3O4/c16-8-3-7(15(24)11(4-8)22(25)26)5-20-6-12(23)21-10-2-1-9(17)13(18)14(10)19/h1-5,24H,6H2,(H,21,23)/p-1. The van der Waals surface area contributed by atoms with Crippen LogP contribution in [0.3, 0.4) is 0 Å². The van der Waals surface area contributed by atoms with Crippen LogP contribution >= 0.6 is 11.6 Å². The van der Waals surface area contributed by atoms with Crippen LogP contribution in [0.5, 0.6) is 5.75 Å². The van der Waals surface area contributed by atoms with Gasteiger partial charge in [0.15, 0.2) is 17.5 Å². The molecule has 11 heteroatoms. The number of aliphatic imine (C=N–C) groups is 1. The van der Waals surface area contributed by atoms with Crippen LogP contribution < -0.4 is 10.4 Å². The Hall–Kier alpha value is -3.14. The zero-order chi connectivity index (χ0) is 19.4. The highest BCUT2D eigenvalue weighted by Gasteiger charge is 2.15. The Morgan fingerprint density at radius 1 is 1.27 bits per heavy atom. The van der Waals surface area contributed by atoms with Crippen LogP contribution in [0.1, 0.15) is 5.56 Å². The molecular formula is C15H8ClF3N3O4-. The number of halogens is 4. The van der Waals surface area contributed by atoms with Gasteiger partial charge in [-0.3, -0.25) is 19.9 Å². The van der Waals surface area contributed by atoms with Gasteiger partial charge in [0, 0.05) is 17.3 Å². The Morgan fingerprint density at radius 2 is 1.96 bits per heavy atom. The lowest BCUT2D eigenvalue weighted by molar-refractivity contribution is -0.398. The molecule has 0 aliphatic rings. The van der Waals surface area contributed by atoms with Crippen molar-refractivity contribution < 1.29 is 28.0 Å². The summed E-state index contributed by atoms with van der Waals surface area (Å²) in [4.78, 5) is 25.1. The van der Waals surface area contributed by atoms with Crippen LogP contribution in [0, 0.1) is 27.6 Å². The summed E-state index contributed by atoms with van der Waals surface area (Å²) in [5.41, 5.74) is -1.57. The molecule has 1 amide bonds. The van der Waals surface area contributed by atoms with E-state index in [-0.39, 0.29) is 10.6 Å². The summed E-state index contributed by atoms with van der Waals surface area (Å²) >= 11 is 5.67. The molecule has 2 rings (SSSR count). The fraction of sp³-hybridized carbons (Fsp3) is 0.0667. The van der Waals surface area contributed by atoms with E-state index in [0.717, 1.165) is 24.4 Å². The monoisotopic (exact) mass is 386 g/mol. The Balaban J connectivity index is 2.11. The van der Waals surface area contributed by atoms with Crippen LogP contribution in [0.4, 0.5) is 24.5 Å². The van der Waals surface area contributed by atoms with Crippen molar-refractivity contribution in [1.29, 1.82) is 0 Å². The molecule has 0 unspecified atom stereocenters. The van der Waals surface area contributed by atoms with E-state index in [1.165, 1.54) is 0 Å². The lowest BCUT2D eigenvalue weighted by Gasteiger charge is -2.10. The van der Waals surface area contributed by atoms with Crippen molar-refractivity contribution >= 4 is 35.1 Å². The number of carbonyl (C=O) groups excluding carboxylic acids is 1. The quantitative estimate of drug-likeness (QED) is 0.369. The molecule has 0 bridgehead atoms. The van der Waals surface area contributed by atoms with E-state index in [1.807, 2.05) is 5.32 Å². The van der Waals surface area contributed by atoms with Gasteiger partial charge >= 0.3 is 0 Å². The number of nitro groups is 1. The number of nitrogens with one attached hydrogen (secondary N) is 1. The lowest BCUT2D eigenvalue weighted by Crippen LogP contribution is -2.16. The average Bonchev–Trinajstić information content (AvgIpc) is 2.58. The maximum absolute atomic E-state index is 13.4. The number of hydrogen-bond acceptors (Lipinski definition) is 5. The summed E-state index contributed by atoms with van der Waals surface area (Å²) in [5.74, 6) is -6.57. The third kappa shape index (κ3) is 4.28. The molecule has 0 saturated heterocycles. The second-order valence-corrected chi connectivity index (χ2v) is 5.28. The molecule has 0 spiro atoms. The molecule has 1 N–H and O–H groups in total. The van der Waals surface area contributed by atoms with Crippen molar-refractivity contribution in [1.82, 2.24) is 0 Å². The van der Waals surface area contributed by atoms with Gasteiger partial charge in [-0.25, -0.2) is 13.2 Å². The van der Waals surface area contributed by atoms with Gasteiger partial charge in [-0.2, -0.15) is 0 Å². The predicted molar refractivity (Wildman–Crippen MR) is 85.0 cm³/mol. The van der Waals surface area contributed by atoms with Gasteiger partial charge in [-0.15, -0.1) is 0 Å². The molecule has 136 valence electrons. The van der Waals surface area contributed by atoms with E-state index in [2.05, 4.69) is 4.99 Å². The van der Waals surface area contributed by atoms with E-state index in [1.54, 1.807) is 0 Å². The highest BCUT2D eigenvalue weighted by atomic mass is 35.5. The molecule has 0 aliphatic carbocycles. The minimum Gasteiger partial charge on any atom is -0.867 e. The van der Waals surface area contributed by atoms with Crippen LogP contribution in [-0.2, 0) is 4.79 Å². The van der Waals surface area contributed by atoms with E-state index in [9.17, 15) is 33.2 Å². The number of anilines is 1. The summed E-state index contributed by atoms with van der Waals surface area (Å²) < 4.78 is 39.3. The van der Waals surface area contributed by atoms with E-state index in [4.69, 9.17) is 11.6 Å². The third-order valence-electron chi connectivity index (χ3n) is 3.03. The number of carbonyl (C=O) groups is 1. The van der Waals surface area contributed by atoms with Gasteiger partial charge in [0.1, 0.15) is 6.54 Å². The molecule has 7 nitrogen and oxygen atoms in total. The van der Waals surface area contributed by atoms with E-state index in [0.29, 0.717) is 6.07 Å². The predicted octanol–water partition coefficient (Wildman–Crippen LogP) is 2.80. The molecule has 2 aromatic rings. The zero-order valence-corrected chi connectivity index (χ0v) is 13.4. The van der Waals surface area contributed by atoms with Crippen molar-refractivity contribution in [2.45, 2.75) is 0 Å². The molecule has 0 saturated carbocycles. The smallest absolute Gasteiger partial charge is 0.263 e. The normalized spacial score (nSPS) is 10.9. The third-order valence-corrected chi connectivity index (χ3v) is 3.25. The highest BCUT2D eigenvalue weighted by molar-refractivity contribution is 6.31. The number of amides is 1. The van der Waals surface area contributed by atoms with Crippen LogP contribution in [0.2, 0.25) is 5.02 Å². The topological polar surface area (TPSA) is 108 Å². The molecule has 2 aromatic carbocycles. The van der Waals surface area contributed by atoms with Crippen molar-refractivity contribution in [2.75, 3.05) is 11.9 Å². The Morgan fingerprint density at radius 3 is 2.62 bits per heavy atom. The largest absolute Gasteiger partial charge is 0.867 e. The lowest BCUT2D eigenvalue weighted by atomic mass is 10.2. The average molecular weight is 387 g/mol. The first kappa shape index (κ1) is 19.2. The van der Waals surface area contributed by atoms with Gasteiger partial charge in [-0.1, -0.05) is 11.6 Å². The Bertz CT molecular complexity index is 921. The maximum Gasteiger partial charge on any atom is 0.263 e. The molecule has 0 heterocycles.